The summed E-state index contributed by atoms with van der Waals surface area (Å²) in [5, 5.41) is 6.24. The molecule has 96 valence electrons. The fraction of sp³-hybridized carbons (Fsp3) is 0.273. The molecule has 0 radical (unpaired) electrons. The van der Waals surface area contributed by atoms with E-state index < -0.39 is 9.84 Å². The van der Waals surface area contributed by atoms with E-state index in [1.54, 1.807) is 38.3 Å². The van der Waals surface area contributed by atoms with Crippen molar-refractivity contribution in [3.05, 3.63) is 24.3 Å². The van der Waals surface area contributed by atoms with Crippen LogP contribution in [-0.2, 0) is 9.84 Å². The molecule has 0 spiro atoms. The summed E-state index contributed by atoms with van der Waals surface area (Å²) < 4.78 is 28.2. The van der Waals surface area contributed by atoms with E-state index in [1.165, 1.54) is 0 Å². The molecule has 0 bridgehead atoms. The molecule has 0 saturated carbocycles. The van der Waals surface area contributed by atoms with Gasteiger partial charge in [0, 0.05) is 5.56 Å². The van der Waals surface area contributed by atoms with Crippen molar-refractivity contribution in [3.8, 4) is 17.1 Å². The predicted octanol–water partition coefficient (Wildman–Crippen LogP) is 1.27. The topological polar surface area (TPSA) is 84.9 Å². The number of nitrogens with one attached hydrogen (secondary N) is 1. The molecule has 0 aliphatic rings. The fourth-order valence-corrected chi connectivity index (χ4v) is 2.08. The number of methoxy groups -OCH3 is 1. The summed E-state index contributed by atoms with van der Waals surface area (Å²) >= 11 is 0. The Balaban J connectivity index is 2.35. The average molecular weight is 267 g/mol. The van der Waals surface area contributed by atoms with Gasteiger partial charge in [-0.3, -0.25) is 0 Å². The molecule has 0 fully saturated rings. The van der Waals surface area contributed by atoms with Crippen LogP contribution >= 0.6 is 0 Å². The van der Waals surface area contributed by atoms with E-state index >= 15 is 0 Å². The van der Waals surface area contributed by atoms with Gasteiger partial charge >= 0.3 is 0 Å². The van der Waals surface area contributed by atoms with E-state index in [9.17, 15) is 8.42 Å². The van der Waals surface area contributed by atoms with Gasteiger partial charge in [0.05, 0.1) is 12.9 Å². The lowest BCUT2D eigenvalue weighted by atomic mass is 10.2. The van der Waals surface area contributed by atoms with Gasteiger partial charge in [-0.15, -0.1) is 0 Å². The molecule has 0 unspecified atom stereocenters. The number of H-pyrrole nitrogens is 1. The third-order valence-corrected chi connectivity index (χ3v) is 4.02. The van der Waals surface area contributed by atoms with Gasteiger partial charge in [-0.05, 0) is 24.3 Å². The van der Waals surface area contributed by atoms with E-state index in [-0.39, 0.29) is 10.9 Å². The Kier molecular flexibility index (Phi) is 3.33. The zero-order chi connectivity index (χ0) is 13.2. The number of hydrogen-bond donors (Lipinski definition) is 1. The van der Waals surface area contributed by atoms with Crippen LogP contribution in [0.5, 0.6) is 5.75 Å². The molecule has 1 N–H and O–H groups in total. The highest BCUT2D eigenvalue weighted by atomic mass is 32.2. The molecule has 1 aromatic carbocycles. The molecule has 6 nitrogen and oxygen atoms in total. The van der Waals surface area contributed by atoms with Crippen molar-refractivity contribution in [2.45, 2.75) is 12.1 Å². The Morgan fingerprint density at radius 1 is 1.28 bits per heavy atom. The highest BCUT2D eigenvalue weighted by Crippen LogP contribution is 2.19. The summed E-state index contributed by atoms with van der Waals surface area (Å²) in [5.74, 6) is 1.06. The zero-order valence-electron chi connectivity index (χ0n) is 10.0. The van der Waals surface area contributed by atoms with Crippen molar-refractivity contribution >= 4 is 9.84 Å². The van der Waals surface area contributed by atoms with Crippen LogP contribution in [0.4, 0.5) is 0 Å². The maximum Gasteiger partial charge on any atom is 0.243 e. The van der Waals surface area contributed by atoms with Gasteiger partial charge in [0.15, 0.2) is 5.82 Å². The first-order valence-corrected chi connectivity index (χ1v) is 7.01. The minimum absolute atomic E-state index is 0.00968. The lowest BCUT2D eigenvalue weighted by Crippen LogP contribution is -2.05. The minimum atomic E-state index is -3.35. The summed E-state index contributed by atoms with van der Waals surface area (Å²) in [6.45, 7) is 1.56. The standard InChI is InChI=1S/C11H13N3O3S/c1-3-18(15,16)11-12-10(13-14-11)8-4-6-9(17-2)7-5-8/h4-7H,3H2,1-2H3,(H,12,13,14). The van der Waals surface area contributed by atoms with Crippen LogP contribution in [0, 0.1) is 0 Å². The molecule has 0 saturated heterocycles. The molecule has 2 rings (SSSR count). The normalized spacial score (nSPS) is 11.4. The summed E-state index contributed by atoms with van der Waals surface area (Å²) in [6, 6.07) is 7.06. The number of aromatic nitrogens is 3. The third kappa shape index (κ3) is 2.35. The second-order valence-electron chi connectivity index (χ2n) is 3.60. The highest BCUT2D eigenvalue weighted by Gasteiger charge is 2.17. The van der Waals surface area contributed by atoms with E-state index in [2.05, 4.69) is 15.2 Å². The molecular weight excluding hydrogens is 254 g/mol. The van der Waals surface area contributed by atoms with E-state index in [4.69, 9.17) is 4.74 Å². The average Bonchev–Trinajstić information content (AvgIpc) is 2.89. The number of hydrogen-bond acceptors (Lipinski definition) is 5. The SMILES string of the molecule is CCS(=O)(=O)c1nc(-c2ccc(OC)cc2)n[nH]1. The van der Waals surface area contributed by atoms with Crippen LogP contribution < -0.4 is 4.74 Å². The van der Waals surface area contributed by atoms with Crippen molar-refractivity contribution in [3.63, 3.8) is 0 Å². The van der Waals surface area contributed by atoms with Gasteiger partial charge in [0.25, 0.3) is 0 Å². The molecule has 7 heteroatoms. The quantitative estimate of drug-likeness (QED) is 0.901. The first-order chi connectivity index (χ1) is 8.56. The fourth-order valence-electron chi connectivity index (χ4n) is 1.39. The van der Waals surface area contributed by atoms with Crippen molar-refractivity contribution in [2.24, 2.45) is 0 Å². The van der Waals surface area contributed by atoms with Crippen LogP contribution in [0.3, 0.4) is 0 Å². The number of benzene rings is 1. The second kappa shape index (κ2) is 4.77. The second-order valence-corrected chi connectivity index (χ2v) is 5.79. The first-order valence-electron chi connectivity index (χ1n) is 5.36. The highest BCUT2D eigenvalue weighted by molar-refractivity contribution is 7.91. The number of ether oxygens (including phenoxy) is 1. The Labute approximate surface area is 105 Å². The van der Waals surface area contributed by atoms with Crippen LogP contribution in [0.15, 0.2) is 29.4 Å². The zero-order valence-corrected chi connectivity index (χ0v) is 10.9. The molecule has 2 aromatic rings. The first kappa shape index (κ1) is 12.6. The van der Waals surface area contributed by atoms with Gasteiger partial charge in [-0.1, -0.05) is 6.92 Å². The Hall–Kier alpha value is -1.89. The van der Waals surface area contributed by atoms with Crippen LogP contribution in [0.2, 0.25) is 0 Å². The molecule has 0 atom stereocenters. The molecule has 1 aromatic heterocycles. The third-order valence-electron chi connectivity index (χ3n) is 2.49. The molecule has 18 heavy (non-hydrogen) atoms. The van der Waals surface area contributed by atoms with E-state index in [1.807, 2.05) is 0 Å². The summed E-state index contributed by atoms with van der Waals surface area (Å²) in [4.78, 5) is 3.98. The van der Waals surface area contributed by atoms with Crippen LogP contribution in [0.25, 0.3) is 11.4 Å². The van der Waals surface area contributed by atoms with Crippen molar-refractivity contribution in [1.29, 1.82) is 0 Å². The van der Waals surface area contributed by atoms with Crippen LogP contribution in [0.1, 0.15) is 6.92 Å². The largest absolute Gasteiger partial charge is 0.497 e. The summed E-state index contributed by atoms with van der Waals surface area (Å²) in [7, 11) is -1.77. The van der Waals surface area contributed by atoms with Crippen molar-refractivity contribution in [1.82, 2.24) is 15.2 Å². The number of nitrogens with zero attached hydrogens (tertiary/aromatic N) is 2. The Morgan fingerprint density at radius 2 is 1.94 bits per heavy atom. The van der Waals surface area contributed by atoms with Gasteiger partial charge in [0.2, 0.25) is 15.0 Å². The maximum atomic E-state index is 11.6. The van der Waals surface area contributed by atoms with Gasteiger partial charge in [-0.25, -0.2) is 13.5 Å². The minimum Gasteiger partial charge on any atom is -0.497 e. The molecular formula is C11H13N3O3S. The summed E-state index contributed by atoms with van der Waals surface area (Å²) in [5.41, 5.74) is 0.726. The Morgan fingerprint density at radius 3 is 2.50 bits per heavy atom. The lowest BCUT2D eigenvalue weighted by Gasteiger charge is -1.99. The molecule has 1 heterocycles. The number of aromatic amines is 1. The predicted molar refractivity (Wildman–Crippen MR) is 66.1 cm³/mol. The lowest BCUT2D eigenvalue weighted by molar-refractivity contribution is 0.415. The molecule has 0 amide bonds. The van der Waals surface area contributed by atoms with E-state index in [0.29, 0.717) is 5.82 Å². The van der Waals surface area contributed by atoms with E-state index in [0.717, 1.165) is 11.3 Å². The van der Waals surface area contributed by atoms with Gasteiger partial charge in [0.1, 0.15) is 5.75 Å². The molecule has 0 aliphatic heterocycles. The van der Waals surface area contributed by atoms with Crippen molar-refractivity contribution < 1.29 is 13.2 Å². The van der Waals surface area contributed by atoms with Gasteiger partial charge < -0.3 is 4.74 Å². The smallest absolute Gasteiger partial charge is 0.243 e. The molecule has 0 aliphatic carbocycles. The number of rotatable bonds is 4. The number of sulfone groups is 1. The summed E-state index contributed by atoms with van der Waals surface area (Å²) in [6.07, 6.45) is 0. The Bertz CT molecular complexity index is 632. The monoisotopic (exact) mass is 267 g/mol. The van der Waals surface area contributed by atoms with Crippen molar-refractivity contribution in [2.75, 3.05) is 12.9 Å². The van der Waals surface area contributed by atoms with Gasteiger partial charge in [-0.2, -0.15) is 10.1 Å². The van der Waals surface area contributed by atoms with Crippen LogP contribution in [-0.4, -0.2) is 36.5 Å². The maximum absolute atomic E-state index is 11.6.